The molecule has 1 atom stereocenters. The highest BCUT2D eigenvalue weighted by Gasteiger charge is 2.37. The third-order valence-corrected chi connectivity index (χ3v) is 3.71. The van der Waals surface area contributed by atoms with Crippen LogP contribution in [0.5, 0.6) is 0 Å². The second-order valence-corrected chi connectivity index (χ2v) is 4.67. The molecule has 0 aromatic carbocycles. The van der Waals surface area contributed by atoms with Crippen LogP contribution in [0, 0.1) is 0 Å². The number of rotatable bonds is 2. The second-order valence-electron chi connectivity index (χ2n) is 4.67. The maximum absolute atomic E-state index is 12.1. The summed E-state index contributed by atoms with van der Waals surface area (Å²) >= 11 is 0. The number of aliphatic carboxylic acids is 1. The molecule has 0 aromatic rings. The molecule has 5 heteroatoms. The fourth-order valence-corrected chi connectivity index (χ4v) is 2.39. The van der Waals surface area contributed by atoms with Crippen LogP contribution in [0.1, 0.15) is 32.1 Å². The monoisotopic (exact) mass is 226 g/mol. The third-order valence-electron chi connectivity index (χ3n) is 3.71. The Morgan fingerprint density at radius 2 is 1.94 bits per heavy atom. The predicted molar refractivity (Wildman–Crippen MR) is 58.2 cm³/mol. The molecule has 0 aromatic heterocycles. The van der Waals surface area contributed by atoms with Gasteiger partial charge in [-0.25, -0.2) is 9.59 Å². The minimum absolute atomic E-state index is 0.116. The number of nitrogens with zero attached hydrogens (tertiary/aromatic N) is 2. The van der Waals surface area contributed by atoms with E-state index in [0.717, 1.165) is 19.3 Å². The second kappa shape index (κ2) is 4.31. The van der Waals surface area contributed by atoms with E-state index in [0.29, 0.717) is 19.0 Å². The van der Waals surface area contributed by atoms with E-state index in [2.05, 4.69) is 0 Å². The predicted octanol–water partition coefficient (Wildman–Crippen LogP) is 1.14. The molecular weight excluding hydrogens is 208 g/mol. The lowest BCUT2D eigenvalue weighted by Crippen LogP contribution is -2.51. The Labute approximate surface area is 95.0 Å². The van der Waals surface area contributed by atoms with Crippen LogP contribution in [0.25, 0.3) is 0 Å². The summed E-state index contributed by atoms with van der Waals surface area (Å²) in [7, 11) is 1.78. The normalized spacial score (nSPS) is 25.3. The van der Waals surface area contributed by atoms with Crippen LogP contribution >= 0.6 is 0 Å². The number of likely N-dealkylation sites (tertiary alicyclic amines) is 1. The molecule has 1 N–H and O–H groups in total. The molecule has 1 heterocycles. The lowest BCUT2D eigenvalue weighted by Gasteiger charge is -2.37. The molecule has 1 saturated heterocycles. The number of carboxylic acids is 1. The lowest BCUT2D eigenvalue weighted by atomic mass is 9.92. The van der Waals surface area contributed by atoms with E-state index in [1.165, 1.54) is 11.3 Å². The molecule has 2 amide bonds. The summed E-state index contributed by atoms with van der Waals surface area (Å²) in [5.74, 6) is -0.882. The van der Waals surface area contributed by atoms with E-state index in [-0.39, 0.29) is 6.03 Å². The van der Waals surface area contributed by atoms with E-state index in [9.17, 15) is 9.59 Å². The van der Waals surface area contributed by atoms with Gasteiger partial charge in [0.15, 0.2) is 0 Å². The van der Waals surface area contributed by atoms with Crippen molar-refractivity contribution in [3.8, 4) is 0 Å². The molecule has 2 rings (SSSR count). The van der Waals surface area contributed by atoms with Crippen molar-refractivity contribution in [2.45, 2.75) is 44.2 Å². The summed E-state index contributed by atoms with van der Waals surface area (Å²) < 4.78 is 0. The minimum atomic E-state index is -0.882. The number of amides is 2. The van der Waals surface area contributed by atoms with Gasteiger partial charge in [-0.3, -0.25) is 0 Å². The van der Waals surface area contributed by atoms with Gasteiger partial charge in [0.2, 0.25) is 0 Å². The van der Waals surface area contributed by atoms with Crippen LogP contribution in [-0.4, -0.2) is 52.6 Å². The molecule has 16 heavy (non-hydrogen) atoms. The van der Waals surface area contributed by atoms with Gasteiger partial charge in [0.05, 0.1) is 0 Å². The van der Waals surface area contributed by atoms with Crippen LogP contribution < -0.4 is 0 Å². The fraction of sp³-hybridized carbons (Fsp3) is 0.818. The Morgan fingerprint density at radius 3 is 2.44 bits per heavy atom. The zero-order chi connectivity index (χ0) is 11.7. The summed E-state index contributed by atoms with van der Waals surface area (Å²) in [5, 5.41) is 9.01. The highest BCUT2D eigenvalue weighted by atomic mass is 16.4. The van der Waals surface area contributed by atoms with Gasteiger partial charge in [-0.1, -0.05) is 0 Å². The molecular formula is C11H18N2O3. The van der Waals surface area contributed by atoms with Crippen molar-refractivity contribution in [1.29, 1.82) is 0 Å². The first-order chi connectivity index (χ1) is 7.61. The Hall–Kier alpha value is -1.26. The van der Waals surface area contributed by atoms with Crippen molar-refractivity contribution in [3.63, 3.8) is 0 Å². The van der Waals surface area contributed by atoms with Crippen molar-refractivity contribution in [2.24, 2.45) is 0 Å². The van der Waals surface area contributed by atoms with Crippen LogP contribution in [0.3, 0.4) is 0 Å². The minimum Gasteiger partial charge on any atom is -0.480 e. The zero-order valence-electron chi connectivity index (χ0n) is 9.56. The van der Waals surface area contributed by atoms with Gasteiger partial charge in [-0.2, -0.15) is 0 Å². The molecule has 2 aliphatic rings. The number of carbonyl (C=O) groups excluding carboxylic acids is 1. The molecule has 5 nitrogen and oxygen atoms in total. The number of urea groups is 1. The van der Waals surface area contributed by atoms with Gasteiger partial charge in [-0.15, -0.1) is 0 Å². The first-order valence-electron chi connectivity index (χ1n) is 5.87. The van der Waals surface area contributed by atoms with Gasteiger partial charge < -0.3 is 14.9 Å². The van der Waals surface area contributed by atoms with E-state index < -0.39 is 12.0 Å². The van der Waals surface area contributed by atoms with Crippen LogP contribution in [-0.2, 0) is 4.79 Å². The smallest absolute Gasteiger partial charge is 0.326 e. The number of hydrogen-bond donors (Lipinski definition) is 1. The maximum atomic E-state index is 12.1. The highest BCUT2D eigenvalue weighted by molar-refractivity contribution is 5.83. The summed E-state index contributed by atoms with van der Waals surface area (Å²) in [6.45, 7) is 0.576. The molecule has 1 aliphatic heterocycles. The third kappa shape index (κ3) is 1.86. The molecule has 1 unspecified atom stereocenters. The quantitative estimate of drug-likeness (QED) is 0.768. The van der Waals surface area contributed by atoms with Crippen LogP contribution in [0.15, 0.2) is 0 Å². The Morgan fingerprint density at radius 1 is 1.25 bits per heavy atom. The lowest BCUT2D eigenvalue weighted by molar-refractivity contribution is -0.141. The van der Waals surface area contributed by atoms with Gasteiger partial charge in [0, 0.05) is 19.6 Å². The van der Waals surface area contributed by atoms with Gasteiger partial charge in [-0.05, 0) is 32.1 Å². The molecule has 0 spiro atoms. The van der Waals surface area contributed by atoms with E-state index in [1.54, 1.807) is 11.9 Å². The standard InChI is InChI=1S/C11H18N2O3/c1-12(8-4-2-5-8)11(16)13-7-3-6-9(13)10(14)15/h8-9H,2-7H2,1H3,(H,14,15). The molecule has 0 radical (unpaired) electrons. The molecule has 1 saturated carbocycles. The fourth-order valence-electron chi connectivity index (χ4n) is 2.39. The largest absolute Gasteiger partial charge is 0.480 e. The zero-order valence-corrected chi connectivity index (χ0v) is 9.56. The van der Waals surface area contributed by atoms with Crippen molar-refractivity contribution in [1.82, 2.24) is 9.80 Å². The maximum Gasteiger partial charge on any atom is 0.326 e. The Balaban J connectivity index is 1.99. The van der Waals surface area contributed by atoms with Gasteiger partial charge in [0.25, 0.3) is 0 Å². The molecule has 1 aliphatic carbocycles. The summed E-state index contributed by atoms with van der Waals surface area (Å²) in [6.07, 6.45) is 4.65. The summed E-state index contributed by atoms with van der Waals surface area (Å²) in [5.41, 5.74) is 0. The molecule has 90 valence electrons. The number of carboxylic acid groups (broad SMARTS) is 1. The summed E-state index contributed by atoms with van der Waals surface area (Å²) in [4.78, 5) is 26.3. The first-order valence-corrected chi connectivity index (χ1v) is 5.87. The van der Waals surface area contributed by atoms with E-state index in [1.807, 2.05) is 0 Å². The van der Waals surface area contributed by atoms with Crippen molar-refractivity contribution >= 4 is 12.0 Å². The molecule has 2 fully saturated rings. The van der Waals surface area contributed by atoms with Gasteiger partial charge in [0.1, 0.15) is 6.04 Å². The average molecular weight is 226 g/mol. The number of carbonyl (C=O) groups is 2. The first kappa shape index (κ1) is 11.2. The number of hydrogen-bond acceptors (Lipinski definition) is 2. The van der Waals surface area contributed by atoms with Crippen LogP contribution in [0.4, 0.5) is 4.79 Å². The Kier molecular flexibility index (Phi) is 3.03. The van der Waals surface area contributed by atoms with Crippen molar-refractivity contribution in [3.05, 3.63) is 0 Å². The van der Waals surface area contributed by atoms with Crippen LogP contribution in [0.2, 0.25) is 0 Å². The van der Waals surface area contributed by atoms with E-state index in [4.69, 9.17) is 5.11 Å². The van der Waals surface area contributed by atoms with Crippen molar-refractivity contribution in [2.75, 3.05) is 13.6 Å². The van der Waals surface area contributed by atoms with Crippen molar-refractivity contribution < 1.29 is 14.7 Å². The molecule has 0 bridgehead atoms. The summed E-state index contributed by atoms with van der Waals surface area (Å²) in [6, 6.07) is -0.410. The highest BCUT2D eigenvalue weighted by Crippen LogP contribution is 2.26. The SMILES string of the molecule is CN(C(=O)N1CCCC1C(=O)O)C1CCC1. The van der Waals surface area contributed by atoms with E-state index >= 15 is 0 Å². The Bertz CT molecular complexity index is 302. The topological polar surface area (TPSA) is 60.9 Å². The van der Waals surface area contributed by atoms with Gasteiger partial charge >= 0.3 is 12.0 Å². The average Bonchev–Trinajstić information content (AvgIpc) is 2.61.